The summed E-state index contributed by atoms with van der Waals surface area (Å²) in [6.45, 7) is 1.31. The van der Waals surface area contributed by atoms with Gasteiger partial charge in [0.25, 0.3) is 0 Å². The molecule has 0 saturated carbocycles. The van der Waals surface area contributed by atoms with Crippen LogP contribution < -0.4 is 9.47 Å². The van der Waals surface area contributed by atoms with Gasteiger partial charge < -0.3 is 14.4 Å². The quantitative estimate of drug-likeness (QED) is 0.745. The zero-order chi connectivity index (χ0) is 14.4. The zero-order valence-electron chi connectivity index (χ0n) is 11.4. The molecule has 0 aromatic carbocycles. The highest BCUT2D eigenvalue weighted by molar-refractivity contribution is 6.17. The topological polar surface area (TPSA) is 64.6 Å². The molecule has 1 aliphatic rings. The van der Waals surface area contributed by atoms with E-state index in [1.807, 2.05) is 4.90 Å². The maximum Gasteiger partial charge on any atom is 0.233 e. The average molecular weight is 300 g/mol. The predicted molar refractivity (Wildman–Crippen MR) is 74.2 cm³/mol. The van der Waals surface area contributed by atoms with Crippen molar-refractivity contribution in [1.82, 2.24) is 15.1 Å². The van der Waals surface area contributed by atoms with Crippen molar-refractivity contribution in [2.75, 3.05) is 26.1 Å². The van der Waals surface area contributed by atoms with E-state index in [1.54, 1.807) is 12.1 Å². The summed E-state index contributed by atoms with van der Waals surface area (Å²) in [5.74, 6) is 1.55. The second kappa shape index (κ2) is 7.28. The Labute approximate surface area is 123 Å². The zero-order valence-corrected chi connectivity index (χ0v) is 12.2. The Kier molecular flexibility index (Phi) is 5.40. The third kappa shape index (κ3) is 3.96. The Bertz CT molecular complexity index is 441. The standard InChI is InChI=1S/C13H18ClN3O3/c1-19-11-4-5-12(16-15-11)20-10-6-8-17(9-10)13(18)3-2-7-14/h4-5,10H,2-3,6-9H2,1H3. The van der Waals surface area contributed by atoms with E-state index in [1.165, 1.54) is 7.11 Å². The Hall–Kier alpha value is -1.56. The lowest BCUT2D eigenvalue weighted by molar-refractivity contribution is -0.130. The van der Waals surface area contributed by atoms with E-state index < -0.39 is 0 Å². The minimum absolute atomic E-state index is 0.0300. The van der Waals surface area contributed by atoms with Crippen molar-refractivity contribution in [1.29, 1.82) is 0 Å². The van der Waals surface area contributed by atoms with Gasteiger partial charge in [0, 0.05) is 37.4 Å². The molecule has 0 N–H and O–H groups in total. The minimum atomic E-state index is -0.0300. The minimum Gasteiger partial charge on any atom is -0.480 e. The number of alkyl halides is 1. The van der Waals surface area contributed by atoms with Crippen molar-refractivity contribution in [2.45, 2.75) is 25.4 Å². The van der Waals surface area contributed by atoms with Crippen LogP contribution in [0.1, 0.15) is 19.3 Å². The molecule has 6 nitrogen and oxygen atoms in total. The summed E-state index contributed by atoms with van der Waals surface area (Å²) in [4.78, 5) is 13.7. The summed E-state index contributed by atoms with van der Waals surface area (Å²) in [6, 6.07) is 3.41. The highest BCUT2D eigenvalue weighted by Crippen LogP contribution is 2.18. The van der Waals surface area contributed by atoms with Crippen LogP contribution in [0.15, 0.2) is 12.1 Å². The maximum atomic E-state index is 11.9. The SMILES string of the molecule is COc1ccc(OC2CCN(C(=O)CCCCl)C2)nn1. The summed E-state index contributed by atoms with van der Waals surface area (Å²) in [7, 11) is 1.53. The van der Waals surface area contributed by atoms with E-state index in [9.17, 15) is 4.79 Å². The van der Waals surface area contributed by atoms with Crippen LogP contribution in [0.3, 0.4) is 0 Å². The number of carbonyl (C=O) groups excluding carboxylic acids is 1. The van der Waals surface area contributed by atoms with Gasteiger partial charge in [-0.05, 0) is 6.42 Å². The fourth-order valence-corrected chi connectivity index (χ4v) is 2.21. The first-order valence-corrected chi connectivity index (χ1v) is 7.14. The highest BCUT2D eigenvalue weighted by atomic mass is 35.5. The Balaban J connectivity index is 1.81. The van der Waals surface area contributed by atoms with Gasteiger partial charge in [0.05, 0.1) is 13.7 Å². The van der Waals surface area contributed by atoms with Gasteiger partial charge in [0.15, 0.2) is 0 Å². The molecule has 0 aliphatic carbocycles. The molecule has 1 saturated heterocycles. The monoisotopic (exact) mass is 299 g/mol. The first-order chi connectivity index (χ1) is 9.72. The number of hydrogen-bond acceptors (Lipinski definition) is 5. The Morgan fingerprint density at radius 1 is 1.45 bits per heavy atom. The van der Waals surface area contributed by atoms with Gasteiger partial charge in [0.1, 0.15) is 6.10 Å². The first kappa shape index (κ1) is 14.8. The molecular formula is C13H18ClN3O3. The molecule has 0 spiro atoms. The summed E-state index contributed by atoms with van der Waals surface area (Å²) >= 11 is 5.59. The van der Waals surface area contributed by atoms with Crippen LogP contribution in [0.2, 0.25) is 0 Å². The number of amides is 1. The first-order valence-electron chi connectivity index (χ1n) is 6.61. The van der Waals surface area contributed by atoms with Gasteiger partial charge in [-0.15, -0.1) is 21.8 Å². The molecule has 0 bridgehead atoms. The van der Waals surface area contributed by atoms with E-state index in [0.29, 0.717) is 37.0 Å². The van der Waals surface area contributed by atoms with E-state index in [2.05, 4.69) is 10.2 Å². The molecule has 7 heteroatoms. The van der Waals surface area contributed by atoms with E-state index in [4.69, 9.17) is 21.1 Å². The molecule has 2 rings (SSSR count). The molecule has 0 radical (unpaired) electrons. The number of nitrogens with zero attached hydrogens (tertiary/aromatic N) is 3. The van der Waals surface area contributed by atoms with Crippen LogP contribution in [-0.4, -0.2) is 53.2 Å². The third-order valence-electron chi connectivity index (χ3n) is 3.13. The van der Waals surface area contributed by atoms with Crippen molar-refractivity contribution >= 4 is 17.5 Å². The van der Waals surface area contributed by atoms with Crippen LogP contribution in [0.25, 0.3) is 0 Å². The summed E-state index contributed by atoms with van der Waals surface area (Å²) in [5, 5.41) is 7.76. The van der Waals surface area contributed by atoms with Crippen LogP contribution in [0.5, 0.6) is 11.8 Å². The van der Waals surface area contributed by atoms with Crippen molar-refractivity contribution in [3.63, 3.8) is 0 Å². The molecule has 110 valence electrons. The maximum absolute atomic E-state index is 11.9. The van der Waals surface area contributed by atoms with Gasteiger partial charge in [0.2, 0.25) is 17.7 Å². The van der Waals surface area contributed by atoms with Gasteiger partial charge >= 0.3 is 0 Å². The van der Waals surface area contributed by atoms with E-state index >= 15 is 0 Å². The van der Waals surface area contributed by atoms with E-state index in [-0.39, 0.29) is 12.0 Å². The summed E-state index contributed by atoms with van der Waals surface area (Å²) in [6.07, 6.45) is 1.99. The number of methoxy groups -OCH3 is 1. The van der Waals surface area contributed by atoms with Crippen LogP contribution >= 0.6 is 11.6 Å². The number of halogens is 1. The number of ether oxygens (including phenoxy) is 2. The molecular weight excluding hydrogens is 282 g/mol. The number of rotatable bonds is 6. The fourth-order valence-electron chi connectivity index (χ4n) is 2.08. The number of hydrogen-bond donors (Lipinski definition) is 0. The molecule has 1 aliphatic heterocycles. The highest BCUT2D eigenvalue weighted by Gasteiger charge is 2.27. The number of carbonyl (C=O) groups is 1. The average Bonchev–Trinajstić information content (AvgIpc) is 2.94. The number of likely N-dealkylation sites (tertiary alicyclic amines) is 1. The van der Waals surface area contributed by atoms with Crippen molar-refractivity contribution < 1.29 is 14.3 Å². The molecule has 2 heterocycles. The normalized spacial score (nSPS) is 18.1. The summed E-state index contributed by atoms with van der Waals surface area (Å²) < 4.78 is 10.6. The lowest BCUT2D eigenvalue weighted by Gasteiger charge is -2.16. The Morgan fingerprint density at radius 2 is 2.20 bits per heavy atom. The van der Waals surface area contributed by atoms with Gasteiger partial charge in [-0.2, -0.15) is 0 Å². The largest absolute Gasteiger partial charge is 0.480 e. The predicted octanol–water partition coefficient (Wildman–Crippen LogP) is 1.48. The lowest BCUT2D eigenvalue weighted by atomic mass is 10.3. The second-order valence-corrected chi connectivity index (χ2v) is 4.95. The second-order valence-electron chi connectivity index (χ2n) is 4.57. The van der Waals surface area contributed by atoms with Crippen LogP contribution in [0.4, 0.5) is 0 Å². The molecule has 1 unspecified atom stereocenters. The molecule has 1 amide bonds. The Morgan fingerprint density at radius 3 is 2.85 bits per heavy atom. The smallest absolute Gasteiger partial charge is 0.233 e. The van der Waals surface area contributed by atoms with Gasteiger partial charge in [-0.25, -0.2) is 0 Å². The van der Waals surface area contributed by atoms with Crippen LogP contribution in [-0.2, 0) is 4.79 Å². The molecule has 1 aromatic heterocycles. The van der Waals surface area contributed by atoms with Crippen LogP contribution in [0, 0.1) is 0 Å². The van der Waals surface area contributed by atoms with E-state index in [0.717, 1.165) is 13.0 Å². The molecule has 1 atom stereocenters. The molecule has 1 aromatic rings. The van der Waals surface area contributed by atoms with Crippen molar-refractivity contribution in [3.8, 4) is 11.8 Å². The number of aromatic nitrogens is 2. The molecule has 1 fully saturated rings. The molecule has 20 heavy (non-hydrogen) atoms. The van der Waals surface area contributed by atoms with Gasteiger partial charge in [-0.3, -0.25) is 4.79 Å². The lowest BCUT2D eigenvalue weighted by Crippen LogP contribution is -2.30. The van der Waals surface area contributed by atoms with Crippen molar-refractivity contribution in [2.24, 2.45) is 0 Å². The fraction of sp³-hybridized carbons (Fsp3) is 0.615. The third-order valence-corrected chi connectivity index (χ3v) is 3.40. The van der Waals surface area contributed by atoms with Gasteiger partial charge in [-0.1, -0.05) is 0 Å². The summed E-state index contributed by atoms with van der Waals surface area (Å²) in [5.41, 5.74) is 0. The van der Waals surface area contributed by atoms with Crippen molar-refractivity contribution in [3.05, 3.63) is 12.1 Å².